The molecule has 29 heavy (non-hydrogen) atoms. The highest BCUT2D eigenvalue weighted by Crippen LogP contribution is 2.33. The quantitative estimate of drug-likeness (QED) is 0.384. The van der Waals surface area contributed by atoms with E-state index in [1.165, 1.54) is 11.3 Å². The van der Waals surface area contributed by atoms with Gasteiger partial charge in [0.15, 0.2) is 0 Å². The molecule has 0 unspecified atom stereocenters. The number of fused-ring (bicyclic) bond motifs is 3. The molecule has 0 fully saturated rings. The Hall–Kier alpha value is -3.70. The highest BCUT2D eigenvalue weighted by atomic mass is 32.1. The molecule has 3 aromatic carbocycles. The van der Waals surface area contributed by atoms with Crippen molar-refractivity contribution in [3.63, 3.8) is 0 Å². The number of anilines is 1. The van der Waals surface area contributed by atoms with Crippen LogP contribution in [0.1, 0.15) is 10.4 Å². The molecule has 2 aromatic heterocycles. The van der Waals surface area contributed by atoms with Gasteiger partial charge in [-0.25, -0.2) is 4.79 Å². The van der Waals surface area contributed by atoms with E-state index in [9.17, 15) is 9.59 Å². The van der Waals surface area contributed by atoms with Crippen LogP contribution >= 0.6 is 11.3 Å². The maximum Gasteiger partial charge on any atom is 0.347 e. The van der Waals surface area contributed by atoms with E-state index < -0.39 is 5.63 Å². The molecule has 0 saturated carbocycles. The van der Waals surface area contributed by atoms with Gasteiger partial charge in [-0.15, -0.1) is 11.3 Å². The van der Waals surface area contributed by atoms with E-state index >= 15 is 0 Å². The van der Waals surface area contributed by atoms with Crippen LogP contribution in [0.15, 0.2) is 93.5 Å². The predicted octanol–water partition coefficient (Wildman–Crippen LogP) is 5.93. The molecule has 1 N–H and O–H groups in total. The molecule has 5 aromatic rings. The lowest BCUT2D eigenvalue weighted by Crippen LogP contribution is -2.12. The van der Waals surface area contributed by atoms with Crippen molar-refractivity contribution in [3.8, 4) is 11.1 Å². The van der Waals surface area contributed by atoms with Crippen molar-refractivity contribution in [3.05, 3.63) is 100 Å². The van der Waals surface area contributed by atoms with Crippen molar-refractivity contribution in [1.82, 2.24) is 0 Å². The maximum absolute atomic E-state index is 12.7. The van der Waals surface area contributed by atoms with Crippen molar-refractivity contribution in [2.24, 2.45) is 0 Å². The first-order valence-corrected chi connectivity index (χ1v) is 9.98. The van der Waals surface area contributed by atoms with E-state index in [4.69, 9.17) is 4.42 Å². The van der Waals surface area contributed by atoms with Crippen LogP contribution in [0.2, 0.25) is 0 Å². The number of hydrogen-bond donors (Lipinski definition) is 1. The first kappa shape index (κ1) is 17.4. The highest BCUT2D eigenvalue weighted by molar-refractivity contribution is 7.16. The molecule has 0 radical (unpaired) electrons. The summed E-state index contributed by atoms with van der Waals surface area (Å²) in [6.07, 6.45) is 0. The first-order chi connectivity index (χ1) is 14.2. The van der Waals surface area contributed by atoms with Crippen LogP contribution in [0.25, 0.3) is 32.9 Å². The SMILES string of the molecule is O=C(Nc1scc2c1c(=O)oc1ccccc12)c1ccc(-c2ccccc2)cc1. The van der Waals surface area contributed by atoms with Gasteiger partial charge in [0.05, 0.1) is 0 Å². The zero-order chi connectivity index (χ0) is 19.8. The highest BCUT2D eigenvalue weighted by Gasteiger charge is 2.16. The second-order valence-electron chi connectivity index (χ2n) is 6.64. The van der Waals surface area contributed by atoms with Gasteiger partial charge in [0.25, 0.3) is 5.91 Å². The van der Waals surface area contributed by atoms with Gasteiger partial charge in [-0.05, 0) is 29.3 Å². The van der Waals surface area contributed by atoms with Crippen molar-refractivity contribution >= 4 is 44.0 Å². The number of carbonyl (C=O) groups excluding carboxylic acids is 1. The van der Waals surface area contributed by atoms with Crippen LogP contribution < -0.4 is 10.9 Å². The van der Waals surface area contributed by atoms with Gasteiger partial charge in [0.2, 0.25) is 0 Å². The smallest absolute Gasteiger partial charge is 0.347 e. The summed E-state index contributed by atoms with van der Waals surface area (Å²) in [6, 6.07) is 24.8. The molecule has 140 valence electrons. The molecule has 1 amide bonds. The molecular weight excluding hydrogens is 382 g/mol. The summed E-state index contributed by atoms with van der Waals surface area (Å²) in [5, 5.41) is 7.29. The van der Waals surface area contributed by atoms with Crippen LogP contribution in [0.3, 0.4) is 0 Å². The normalized spacial score (nSPS) is 11.0. The van der Waals surface area contributed by atoms with Crippen molar-refractivity contribution in [1.29, 1.82) is 0 Å². The van der Waals surface area contributed by atoms with Gasteiger partial charge in [-0.2, -0.15) is 0 Å². The van der Waals surface area contributed by atoms with Crippen molar-refractivity contribution in [2.75, 3.05) is 5.32 Å². The molecule has 0 aliphatic rings. The number of hydrogen-bond acceptors (Lipinski definition) is 4. The lowest BCUT2D eigenvalue weighted by Gasteiger charge is -2.06. The fourth-order valence-corrected chi connectivity index (χ4v) is 4.34. The van der Waals surface area contributed by atoms with E-state index in [-0.39, 0.29) is 5.91 Å². The molecule has 2 heterocycles. The van der Waals surface area contributed by atoms with Crippen LogP contribution in [0.5, 0.6) is 0 Å². The zero-order valence-electron chi connectivity index (χ0n) is 15.2. The third kappa shape index (κ3) is 3.11. The van der Waals surface area contributed by atoms with Crippen molar-refractivity contribution < 1.29 is 9.21 Å². The Morgan fingerprint density at radius 1 is 0.793 bits per heavy atom. The second kappa shape index (κ2) is 7.04. The summed E-state index contributed by atoms with van der Waals surface area (Å²) in [5.41, 5.74) is 2.74. The van der Waals surface area contributed by atoms with Crippen LogP contribution in [0, 0.1) is 0 Å². The third-order valence-electron chi connectivity index (χ3n) is 4.86. The van der Waals surface area contributed by atoms with E-state index in [2.05, 4.69) is 5.32 Å². The molecular formula is C24H15NO3S. The minimum atomic E-state index is -0.449. The molecule has 4 nitrogen and oxygen atoms in total. The number of benzene rings is 3. The zero-order valence-corrected chi connectivity index (χ0v) is 16.0. The van der Waals surface area contributed by atoms with Gasteiger partial charge < -0.3 is 9.73 Å². The topological polar surface area (TPSA) is 59.3 Å². The summed E-state index contributed by atoms with van der Waals surface area (Å²) in [6.45, 7) is 0. The summed E-state index contributed by atoms with van der Waals surface area (Å²) >= 11 is 1.32. The second-order valence-corrected chi connectivity index (χ2v) is 7.52. The summed E-state index contributed by atoms with van der Waals surface area (Å²) in [4.78, 5) is 25.2. The number of carbonyl (C=O) groups is 1. The molecule has 0 saturated heterocycles. The molecule has 0 bridgehead atoms. The Morgan fingerprint density at radius 3 is 2.28 bits per heavy atom. The monoisotopic (exact) mass is 397 g/mol. The van der Waals surface area contributed by atoms with E-state index in [0.29, 0.717) is 21.5 Å². The number of rotatable bonds is 3. The van der Waals surface area contributed by atoms with Crippen molar-refractivity contribution in [2.45, 2.75) is 0 Å². The molecule has 5 rings (SSSR count). The van der Waals surface area contributed by atoms with Gasteiger partial charge in [-0.3, -0.25) is 4.79 Å². The molecule has 0 spiro atoms. The van der Waals surface area contributed by atoms with Gasteiger partial charge >= 0.3 is 5.63 Å². The Morgan fingerprint density at radius 2 is 1.48 bits per heavy atom. The molecule has 0 aliphatic carbocycles. The average molecular weight is 397 g/mol. The standard InChI is InChI=1S/C24H15NO3S/c26-22(17-12-10-16(11-13-17)15-6-2-1-3-7-15)25-23-21-19(14-29-23)18-8-4-5-9-20(18)28-24(21)27/h1-14H,(H,25,26). The lowest BCUT2D eigenvalue weighted by atomic mass is 10.0. The molecule has 0 aliphatic heterocycles. The number of para-hydroxylation sites is 1. The Bertz CT molecular complexity index is 1400. The largest absolute Gasteiger partial charge is 0.422 e. The van der Waals surface area contributed by atoms with Crippen LogP contribution in [0.4, 0.5) is 5.00 Å². The number of thiophene rings is 1. The Kier molecular flexibility index (Phi) is 4.22. The van der Waals surface area contributed by atoms with Crippen LogP contribution in [-0.2, 0) is 0 Å². The van der Waals surface area contributed by atoms with Gasteiger partial charge in [0, 0.05) is 21.7 Å². The maximum atomic E-state index is 12.7. The Labute approximate surface area is 170 Å². The van der Waals surface area contributed by atoms with Crippen LogP contribution in [-0.4, -0.2) is 5.91 Å². The third-order valence-corrected chi connectivity index (χ3v) is 5.75. The predicted molar refractivity (Wildman–Crippen MR) is 118 cm³/mol. The van der Waals surface area contributed by atoms with E-state index in [1.807, 2.05) is 66.0 Å². The fourth-order valence-electron chi connectivity index (χ4n) is 3.40. The average Bonchev–Trinajstić information content (AvgIpc) is 3.19. The van der Waals surface area contributed by atoms with Gasteiger partial charge in [0.1, 0.15) is 16.0 Å². The minimum Gasteiger partial charge on any atom is -0.422 e. The summed E-state index contributed by atoms with van der Waals surface area (Å²) in [7, 11) is 0. The molecule has 0 atom stereocenters. The lowest BCUT2D eigenvalue weighted by molar-refractivity contribution is 0.102. The minimum absolute atomic E-state index is 0.263. The van der Waals surface area contributed by atoms with E-state index in [0.717, 1.165) is 21.9 Å². The van der Waals surface area contributed by atoms with E-state index in [1.54, 1.807) is 18.2 Å². The molecule has 5 heteroatoms. The number of nitrogens with one attached hydrogen (secondary N) is 1. The fraction of sp³-hybridized carbons (Fsp3) is 0. The summed E-state index contributed by atoms with van der Waals surface area (Å²) in [5.74, 6) is -0.263. The van der Waals surface area contributed by atoms with Gasteiger partial charge in [-0.1, -0.05) is 60.7 Å². The first-order valence-electron chi connectivity index (χ1n) is 9.10. The summed E-state index contributed by atoms with van der Waals surface area (Å²) < 4.78 is 5.43. The number of amides is 1. The Balaban J connectivity index is 1.47.